The number of likely N-dealkylation sites (tertiary alicyclic amines) is 2. The first kappa shape index (κ1) is 21.4. The highest BCUT2D eigenvalue weighted by molar-refractivity contribution is 5.96. The summed E-state index contributed by atoms with van der Waals surface area (Å²) < 4.78 is 5.86. The lowest BCUT2D eigenvalue weighted by molar-refractivity contribution is -0.0334. The van der Waals surface area contributed by atoms with Gasteiger partial charge in [-0.1, -0.05) is 31.6 Å². The average Bonchev–Trinajstić information content (AvgIpc) is 3.50. The molecule has 1 N–H and O–H groups in total. The first-order valence-corrected chi connectivity index (χ1v) is 12.8. The number of amides is 1. The maximum absolute atomic E-state index is 12.7. The summed E-state index contributed by atoms with van der Waals surface area (Å²) in [7, 11) is 0. The van der Waals surface area contributed by atoms with Crippen molar-refractivity contribution in [1.29, 1.82) is 0 Å². The largest absolute Gasteiger partial charge is 0.451 e. The molecule has 7 rings (SSSR count). The normalized spacial score (nSPS) is 28.6. The fraction of sp³-hybridized carbons (Fsp3) is 0.607. The van der Waals surface area contributed by atoms with Crippen LogP contribution < -0.4 is 0 Å². The lowest BCUT2D eigenvalue weighted by Gasteiger charge is -2.57. The Bertz CT molecular complexity index is 1100. The van der Waals surface area contributed by atoms with Crippen LogP contribution >= 0.6 is 0 Å². The molecule has 176 valence electrons. The first-order valence-electron chi connectivity index (χ1n) is 12.8. The molecular weight excluding hydrogens is 412 g/mol. The molecule has 5 nitrogen and oxygen atoms in total. The summed E-state index contributed by atoms with van der Waals surface area (Å²) in [4.78, 5) is 17.1. The second kappa shape index (κ2) is 7.71. The molecule has 3 fully saturated rings. The molecule has 0 radical (unpaired) electrons. The Morgan fingerprint density at radius 3 is 2.58 bits per heavy atom. The van der Waals surface area contributed by atoms with Gasteiger partial charge >= 0.3 is 0 Å². The number of carbonyl (C=O) groups excluding carboxylic acids is 1. The number of furan rings is 1. The van der Waals surface area contributed by atoms with Crippen molar-refractivity contribution in [3.8, 4) is 0 Å². The fourth-order valence-electron chi connectivity index (χ4n) is 6.80. The van der Waals surface area contributed by atoms with Crippen LogP contribution in [0.15, 0.2) is 40.3 Å². The van der Waals surface area contributed by atoms with Crippen LogP contribution in [0.25, 0.3) is 11.0 Å². The zero-order valence-electron chi connectivity index (χ0n) is 20.0. The van der Waals surface area contributed by atoms with Gasteiger partial charge in [-0.3, -0.25) is 9.69 Å². The Hall–Kier alpha value is -2.11. The molecule has 1 aromatic carbocycles. The Kier molecular flexibility index (Phi) is 5.00. The molecule has 1 amide bonds. The second-order valence-electron chi connectivity index (χ2n) is 11.5. The minimum absolute atomic E-state index is 0.0183. The predicted octanol–water partition coefficient (Wildman–Crippen LogP) is 4.94. The van der Waals surface area contributed by atoms with E-state index in [1.807, 2.05) is 29.2 Å². The molecule has 3 aliphatic carbocycles. The van der Waals surface area contributed by atoms with Crippen molar-refractivity contribution < 1.29 is 14.3 Å². The monoisotopic (exact) mass is 448 g/mol. The van der Waals surface area contributed by atoms with Gasteiger partial charge in [0, 0.05) is 38.1 Å². The molecular formula is C28H36N2O3. The van der Waals surface area contributed by atoms with Crippen molar-refractivity contribution >= 4 is 16.9 Å². The SMILES string of the molecule is CC1(C)[C@H]2CC=C(CN3CCC(O)(c4ccc5oc(C(=O)N6CCCC6)cc5c4)CC3)[C@@H]1C2. The van der Waals surface area contributed by atoms with E-state index in [0.29, 0.717) is 16.8 Å². The van der Waals surface area contributed by atoms with E-state index >= 15 is 0 Å². The Balaban J connectivity index is 1.13. The molecule has 33 heavy (non-hydrogen) atoms. The summed E-state index contributed by atoms with van der Waals surface area (Å²) in [5.41, 5.74) is 2.93. The van der Waals surface area contributed by atoms with Crippen molar-refractivity contribution in [1.82, 2.24) is 9.80 Å². The Morgan fingerprint density at radius 2 is 1.88 bits per heavy atom. The highest BCUT2D eigenvalue weighted by Gasteiger charge is 2.51. The van der Waals surface area contributed by atoms with Gasteiger partial charge in [0.1, 0.15) is 5.58 Å². The zero-order valence-corrected chi connectivity index (χ0v) is 20.0. The summed E-state index contributed by atoms with van der Waals surface area (Å²) in [5.74, 6) is 2.02. The molecule has 2 aromatic rings. The van der Waals surface area contributed by atoms with E-state index in [1.54, 1.807) is 5.57 Å². The number of allylic oxidation sites excluding steroid dienone is 1. The summed E-state index contributed by atoms with van der Waals surface area (Å²) in [5, 5.41) is 12.4. The zero-order chi connectivity index (χ0) is 22.8. The topological polar surface area (TPSA) is 56.9 Å². The van der Waals surface area contributed by atoms with Crippen LogP contribution in [0.4, 0.5) is 0 Å². The second-order valence-corrected chi connectivity index (χ2v) is 11.5. The summed E-state index contributed by atoms with van der Waals surface area (Å²) >= 11 is 0. The van der Waals surface area contributed by atoms with Gasteiger partial charge in [0.15, 0.2) is 5.76 Å². The van der Waals surface area contributed by atoms with E-state index in [0.717, 1.165) is 81.2 Å². The number of fused-ring (bicyclic) bond motifs is 2. The van der Waals surface area contributed by atoms with Crippen LogP contribution in [0.1, 0.15) is 68.5 Å². The van der Waals surface area contributed by atoms with Crippen molar-refractivity contribution in [2.45, 2.75) is 58.0 Å². The third-order valence-corrected chi connectivity index (χ3v) is 9.33. The van der Waals surface area contributed by atoms with Gasteiger partial charge in [0.25, 0.3) is 5.91 Å². The van der Waals surface area contributed by atoms with E-state index < -0.39 is 5.60 Å². The van der Waals surface area contributed by atoms with Crippen LogP contribution in [0.5, 0.6) is 0 Å². The lowest BCUT2D eigenvalue weighted by atomic mass is 9.49. The van der Waals surface area contributed by atoms with Gasteiger partial charge in [0.05, 0.1) is 5.60 Å². The number of hydrogen-bond acceptors (Lipinski definition) is 4. The van der Waals surface area contributed by atoms with E-state index in [1.165, 1.54) is 12.8 Å². The maximum Gasteiger partial charge on any atom is 0.289 e. The van der Waals surface area contributed by atoms with Crippen LogP contribution in [0.3, 0.4) is 0 Å². The van der Waals surface area contributed by atoms with Crippen molar-refractivity contribution in [3.05, 3.63) is 47.2 Å². The number of nitrogens with zero attached hydrogens (tertiary/aromatic N) is 2. The number of carbonyl (C=O) groups is 1. The first-order chi connectivity index (χ1) is 15.8. The Labute approximate surface area is 196 Å². The molecule has 2 aliphatic heterocycles. The number of benzene rings is 1. The van der Waals surface area contributed by atoms with E-state index in [9.17, 15) is 9.90 Å². The molecule has 5 aliphatic rings. The molecule has 2 saturated heterocycles. The number of rotatable bonds is 4. The maximum atomic E-state index is 12.7. The predicted molar refractivity (Wildman–Crippen MR) is 129 cm³/mol. The summed E-state index contributed by atoms with van der Waals surface area (Å²) in [6.45, 7) is 9.37. The third kappa shape index (κ3) is 3.55. The lowest BCUT2D eigenvalue weighted by Crippen LogP contribution is -2.51. The minimum atomic E-state index is -0.817. The van der Waals surface area contributed by atoms with E-state index in [-0.39, 0.29) is 5.91 Å². The third-order valence-electron chi connectivity index (χ3n) is 9.33. The highest BCUT2D eigenvalue weighted by Crippen LogP contribution is 2.59. The molecule has 1 saturated carbocycles. The number of hydrogen-bond donors (Lipinski definition) is 1. The quantitative estimate of drug-likeness (QED) is 0.673. The number of piperidine rings is 1. The highest BCUT2D eigenvalue weighted by atomic mass is 16.3. The van der Waals surface area contributed by atoms with E-state index in [4.69, 9.17) is 4.42 Å². The fourth-order valence-corrected chi connectivity index (χ4v) is 6.80. The molecule has 2 atom stereocenters. The van der Waals surface area contributed by atoms with Crippen LogP contribution in [0, 0.1) is 17.3 Å². The smallest absolute Gasteiger partial charge is 0.289 e. The molecule has 0 spiro atoms. The van der Waals surface area contributed by atoms with Crippen LogP contribution in [-0.2, 0) is 5.60 Å². The van der Waals surface area contributed by atoms with Gasteiger partial charge in [-0.05, 0) is 79.5 Å². The van der Waals surface area contributed by atoms with Crippen molar-refractivity contribution in [2.24, 2.45) is 17.3 Å². The van der Waals surface area contributed by atoms with Gasteiger partial charge < -0.3 is 14.4 Å². The molecule has 2 bridgehead atoms. The van der Waals surface area contributed by atoms with Gasteiger partial charge in [-0.15, -0.1) is 0 Å². The molecule has 1 aromatic heterocycles. The van der Waals surface area contributed by atoms with Gasteiger partial charge in [-0.25, -0.2) is 0 Å². The van der Waals surface area contributed by atoms with Gasteiger partial charge in [0.2, 0.25) is 0 Å². The summed E-state index contributed by atoms with van der Waals surface area (Å²) in [6.07, 6.45) is 8.71. The molecule has 3 heterocycles. The average molecular weight is 449 g/mol. The van der Waals surface area contributed by atoms with Crippen LogP contribution in [-0.4, -0.2) is 53.5 Å². The molecule has 0 unspecified atom stereocenters. The minimum Gasteiger partial charge on any atom is -0.451 e. The van der Waals surface area contributed by atoms with Gasteiger partial charge in [-0.2, -0.15) is 0 Å². The van der Waals surface area contributed by atoms with Crippen molar-refractivity contribution in [3.63, 3.8) is 0 Å². The van der Waals surface area contributed by atoms with Crippen molar-refractivity contribution in [2.75, 3.05) is 32.7 Å². The molecule has 5 heteroatoms. The summed E-state index contributed by atoms with van der Waals surface area (Å²) in [6, 6.07) is 7.76. The number of aliphatic hydroxyl groups is 1. The standard InChI is InChI=1S/C28H36N2O3/c1-27(2)21-6-5-19(23(27)17-21)18-29-13-9-28(32,10-14-29)22-7-8-24-20(15-22)16-25(33-24)26(31)30-11-3-4-12-30/h5,7-8,15-16,21,23,32H,3-4,6,9-14,17-18H2,1-2H3/t21-,23-/m0/s1. The van der Waals surface area contributed by atoms with E-state index in [2.05, 4.69) is 24.8 Å². The Morgan fingerprint density at radius 1 is 1.12 bits per heavy atom. The van der Waals surface area contributed by atoms with Crippen LogP contribution in [0.2, 0.25) is 0 Å².